The van der Waals surface area contributed by atoms with Gasteiger partial charge in [0.2, 0.25) is 12.6 Å². The molecule has 3 aliphatic rings. The summed E-state index contributed by atoms with van der Waals surface area (Å²) in [5.41, 5.74) is 0.187. The first-order chi connectivity index (χ1) is 26.6. The van der Waals surface area contributed by atoms with Crippen molar-refractivity contribution in [3.05, 3.63) is 71.0 Å². The number of fused-ring (bicyclic) bond motifs is 1. The summed E-state index contributed by atoms with van der Waals surface area (Å²) in [6, 6.07) is 7.91. The summed E-state index contributed by atoms with van der Waals surface area (Å²) in [4.78, 5) is 12.5. The summed E-state index contributed by atoms with van der Waals surface area (Å²) in [6.07, 6.45) is -15.7. The number of carbonyl (C=O) groups is 1. The van der Waals surface area contributed by atoms with E-state index in [9.17, 15) is 71.2 Å². The van der Waals surface area contributed by atoms with E-state index in [1.165, 1.54) is 30.4 Å². The highest BCUT2D eigenvalue weighted by Crippen LogP contribution is 2.48. The zero-order chi connectivity index (χ0) is 40.6. The van der Waals surface area contributed by atoms with Crippen LogP contribution in [0.15, 0.2) is 54.3 Å². The SMILES string of the molecule is O=C(C=Cc1ccc(O)c(O)c1)OCC1OC(OC2=Cc3c(cc(O)cc3OC3OC(CO)C(O)C(O)C3O)OC2c2cc(O)c(O)c(O)c2)C(O)C(O)C1O. The fourth-order valence-electron chi connectivity index (χ4n) is 6.03. The standard InChI is InChI=1S/C36H38O20/c37-11-24-28(45)30(47)32(49)35(55-24)53-22-9-15(38)8-21-16(22)10-23(34(52-21)14-6-19(41)27(44)20(42)7-14)54-36-33(50)31(48)29(46)25(56-36)12-51-26(43)4-2-13-1-3-17(39)18(40)5-13/h1-10,24-25,28-42,44-50H,11-12H2. The molecule has 0 amide bonds. The molecule has 3 aromatic carbocycles. The van der Waals surface area contributed by atoms with Gasteiger partial charge in [-0.2, -0.15) is 0 Å². The van der Waals surface area contributed by atoms with Crippen molar-refractivity contribution in [1.29, 1.82) is 0 Å². The third-order valence-electron chi connectivity index (χ3n) is 9.09. The summed E-state index contributed by atoms with van der Waals surface area (Å²) in [6.45, 7) is -1.46. The molecule has 0 spiro atoms. The van der Waals surface area contributed by atoms with Crippen molar-refractivity contribution in [3.8, 4) is 46.0 Å². The molecule has 302 valence electrons. The van der Waals surface area contributed by atoms with Crippen LogP contribution >= 0.6 is 0 Å². The smallest absolute Gasteiger partial charge is 0.330 e. The Morgan fingerprint density at radius 1 is 0.696 bits per heavy atom. The summed E-state index contributed by atoms with van der Waals surface area (Å²) in [5.74, 6) is -5.45. The lowest BCUT2D eigenvalue weighted by molar-refractivity contribution is -0.294. The summed E-state index contributed by atoms with van der Waals surface area (Å²) >= 11 is 0. The Hall–Kier alpha value is -5.55. The van der Waals surface area contributed by atoms with E-state index in [4.69, 9.17) is 28.4 Å². The number of aliphatic hydroxyl groups excluding tert-OH is 7. The molecule has 56 heavy (non-hydrogen) atoms. The molecule has 3 aliphatic heterocycles. The van der Waals surface area contributed by atoms with Crippen molar-refractivity contribution in [1.82, 2.24) is 0 Å². The molecular weight excluding hydrogens is 752 g/mol. The van der Waals surface area contributed by atoms with Crippen molar-refractivity contribution < 1.29 is 99.6 Å². The Kier molecular flexibility index (Phi) is 11.7. The normalized spacial score (nSPS) is 30.2. The number of hydrogen-bond donors (Lipinski definition) is 13. The summed E-state index contributed by atoms with van der Waals surface area (Å²) in [5, 5.41) is 133. The Morgan fingerprint density at radius 2 is 1.32 bits per heavy atom. The predicted molar refractivity (Wildman–Crippen MR) is 183 cm³/mol. The molecule has 11 unspecified atom stereocenters. The van der Waals surface area contributed by atoms with E-state index in [1.807, 2.05) is 0 Å². The van der Waals surface area contributed by atoms with Crippen molar-refractivity contribution in [2.24, 2.45) is 0 Å². The van der Waals surface area contributed by atoms with Gasteiger partial charge in [-0.15, -0.1) is 0 Å². The van der Waals surface area contributed by atoms with Crippen LogP contribution in [-0.2, 0) is 23.7 Å². The van der Waals surface area contributed by atoms with Gasteiger partial charge in [-0.25, -0.2) is 4.79 Å². The fourth-order valence-corrected chi connectivity index (χ4v) is 6.03. The Balaban J connectivity index is 1.29. The number of benzene rings is 3. The van der Waals surface area contributed by atoms with E-state index in [-0.39, 0.29) is 34.1 Å². The highest BCUT2D eigenvalue weighted by atomic mass is 16.7. The minimum absolute atomic E-state index is 0.0525. The lowest BCUT2D eigenvalue weighted by Crippen LogP contribution is -2.60. The molecule has 20 nitrogen and oxygen atoms in total. The van der Waals surface area contributed by atoms with Crippen molar-refractivity contribution in [3.63, 3.8) is 0 Å². The largest absolute Gasteiger partial charge is 0.508 e. The van der Waals surface area contributed by atoms with Gasteiger partial charge < -0.3 is 94.8 Å². The molecular formula is C36H38O20. The highest BCUT2D eigenvalue weighted by Gasteiger charge is 2.48. The molecule has 3 heterocycles. The number of hydrogen-bond acceptors (Lipinski definition) is 20. The van der Waals surface area contributed by atoms with Crippen molar-refractivity contribution in [2.75, 3.05) is 13.2 Å². The number of phenols is 6. The minimum Gasteiger partial charge on any atom is -0.508 e. The molecule has 13 N–H and O–H groups in total. The first kappa shape index (κ1) is 40.1. The number of phenolic OH excluding ortho intramolecular Hbond substituents is 6. The van der Waals surface area contributed by atoms with Crippen molar-refractivity contribution in [2.45, 2.75) is 67.5 Å². The molecule has 0 aromatic heterocycles. The van der Waals surface area contributed by atoms with Gasteiger partial charge in [-0.05, 0) is 42.0 Å². The van der Waals surface area contributed by atoms with Gasteiger partial charge >= 0.3 is 5.97 Å². The zero-order valence-electron chi connectivity index (χ0n) is 28.7. The number of aliphatic hydroxyl groups is 7. The molecule has 0 aliphatic carbocycles. The maximum absolute atomic E-state index is 12.5. The second kappa shape index (κ2) is 16.3. The van der Waals surface area contributed by atoms with Crippen molar-refractivity contribution >= 4 is 18.1 Å². The lowest BCUT2D eigenvalue weighted by Gasteiger charge is -2.41. The number of aromatic hydroxyl groups is 6. The molecule has 11 atom stereocenters. The summed E-state index contributed by atoms with van der Waals surface area (Å²) < 4.78 is 34.1. The molecule has 6 rings (SSSR count). The van der Waals surface area contributed by atoms with Crippen LogP contribution in [0.5, 0.6) is 46.0 Å². The quantitative estimate of drug-likeness (QED) is 0.0641. The zero-order valence-corrected chi connectivity index (χ0v) is 28.7. The van der Waals surface area contributed by atoms with E-state index >= 15 is 0 Å². The van der Waals surface area contributed by atoms with Gasteiger partial charge in [-0.1, -0.05) is 6.07 Å². The first-order valence-corrected chi connectivity index (χ1v) is 16.8. The van der Waals surface area contributed by atoms with Crippen LogP contribution < -0.4 is 9.47 Å². The van der Waals surface area contributed by atoms with Crippen LogP contribution in [0.25, 0.3) is 12.2 Å². The second-order valence-electron chi connectivity index (χ2n) is 13.0. The number of carbonyl (C=O) groups excluding carboxylic acids is 1. The lowest BCUT2D eigenvalue weighted by atomic mass is 9.98. The highest BCUT2D eigenvalue weighted by molar-refractivity contribution is 5.87. The average Bonchev–Trinajstić information content (AvgIpc) is 3.16. The van der Waals surface area contributed by atoms with E-state index in [0.717, 1.165) is 30.3 Å². The van der Waals surface area contributed by atoms with Crippen LogP contribution in [0.1, 0.15) is 22.8 Å². The topological polar surface area (TPSA) is 335 Å². The van der Waals surface area contributed by atoms with Gasteiger partial charge in [0.1, 0.15) is 78.4 Å². The van der Waals surface area contributed by atoms with Crippen LogP contribution in [0.4, 0.5) is 0 Å². The Labute approximate surface area is 315 Å². The average molecular weight is 791 g/mol. The second-order valence-corrected chi connectivity index (χ2v) is 13.0. The molecule has 3 aromatic rings. The molecule has 0 radical (unpaired) electrons. The maximum atomic E-state index is 12.5. The Morgan fingerprint density at radius 3 is 1.96 bits per heavy atom. The molecule has 0 bridgehead atoms. The van der Waals surface area contributed by atoms with Crippen LogP contribution in [0.3, 0.4) is 0 Å². The third kappa shape index (κ3) is 8.18. The van der Waals surface area contributed by atoms with Gasteiger partial charge in [-0.3, -0.25) is 0 Å². The van der Waals surface area contributed by atoms with E-state index in [0.29, 0.717) is 5.56 Å². The van der Waals surface area contributed by atoms with Gasteiger partial charge in [0.15, 0.2) is 34.9 Å². The number of esters is 1. The van der Waals surface area contributed by atoms with Crippen LogP contribution in [0.2, 0.25) is 0 Å². The minimum atomic E-state index is -1.98. The predicted octanol–water partition coefficient (Wildman–Crippen LogP) is -1.35. The number of rotatable bonds is 10. The number of ether oxygens (including phenoxy) is 6. The Bertz CT molecular complexity index is 1960. The van der Waals surface area contributed by atoms with Gasteiger partial charge in [0, 0.05) is 23.8 Å². The monoisotopic (exact) mass is 790 g/mol. The van der Waals surface area contributed by atoms with E-state index in [1.54, 1.807) is 0 Å². The summed E-state index contributed by atoms with van der Waals surface area (Å²) in [7, 11) is 0. The molecule has 0 saturated carbocycles. The fraction of sp³-hybridized carbons (Fsp3) is 0.361. The van der Waals surface area contributed by atoms with Gasteiger partial charge in [0.25, 0.3) is 0 Å². The third-order valence-corrected chi connectivity index (χ3v) is 9.09. The van der Waals surface area contributed by atoms with Crippen LogP contribution in [0, 0.1) is 0 Å². The molecule has 2 fully saturated rings. The van der Waals surface area contributed by atoms with E-state index in [2.05, 4.69) is 0 Å². The molecule has 20 heteroatoms. The van der Waals surface area contributed by atoms with E-state index < -0.39 is 115 Å². The van der Waals surface area contributed by atoms with Crippen LogP contribution in [-0.4, -0.2) is 147 Å². The first-order valence-electron chi connectivity index (χ1n) is 16.8. The van der Waals surface area contributed by atoms with Gasteiger partial charge in [0.05, 0.1) is 12.2 Å². The molecule has 2 saturated heterocycles. The maximum Gasteiger partial charge on any atom is 0.330 e.